The first-order valence-corrected chi connectivity index (χ1v) is 13.5. The van der Waals surface area contributed by atoms with E-state index in [1.165, 1.54) is 6.08 Å². The Morgan fingerprint density at radius 2 is 2.05 bits per heavy atom. The van der Waals surface area contributed by atoms with Gasteiger partial charge >= 0.3 is 0 Å². The molecular weight excluding hydrogens is 504 g/mol. The van der Waals surface area contributed by atoms with Crippen LogP contribution in [0.4, 0.5) is 17.3 Å². The predicted octanol–water partition coefficient (Wildman–Crippen LogP) is 4.63. The number of carbonyl (C=O) groups is 2. The fraction of sp³-hybridized carbons (Fsp3) is 0.290. The number of rotatable bonds is 4. The molecule has 0 saturated carbocycles. The molecule has 9 heteroatoms. The highest BCUT2D eigenvalue weighted by Crippen LogP contribution is 2.27. The molecule has 1 saturated heterocycles. The lowest BCUT2D eigenvalue weighted by molar-refractivity contribution is -0.134. The maximum Gasteiger partial charge on any atom is 0.245 e. The van der Waals surface area contributed by atoms with Crippen LogP contribution in [0.1, 0.15) is 18.4 Å². The highest BCUT2D eigenvalue weighted by Gasteiger charge is 2.30. The molecule has 1 fully saturated rings. The van der Waals surface area contributed by atoms with E-state index >= 15 is 0 Å². The van der Waals surface area contributed by atoms with Gasteiger partial charge in [0.15, 0.2) is 0 Å². The van der Waals surface area contributed by atoms with Crippen LogP contribution in [-0.2, 0) is 16.1 Å². The number of likely N-dealkylation sites (N-methyl/N-ethyl adjacent to an activating group) is 1. The van der Waals surface area contributed by atoms with E-state index in [4.69, 9.17) is 9.72 Å². The topological polar surface area (TPSA) is 99.7 Å². The lowest BCUT2D eigenvalue weighted by Gasteiger charge is -2.38. The maximum atomic E-state index is 12.9. The quantitative estimate of drug-likeness (QED) is 0.369. The number of hydrogen-bond acceptors (Lipinski definition) is 7. The minimum Gasteiger partial charge on any atom is -0.493 e. The predicted molar refractivity (Wildman–Crippen MR) is 156 cm³/mol. The molecular formula is C31H34N6O3. The first-order valence-electron chi connectivity index (χ1n) is 13.5. The minimum absolute atomic E-state index is 0.0788. The van der Waals surface area contributed by atoms with Crippen molar-refractivity contribution in [2.24, 2.45) is 5.92 Å². The van der Waals surface area contributed by atoms with Gasteiger partial charge in [0.25, 0.3) is 0 Å². The van der Waals surface area contributed by atoms with Crippen molar-refractivity contribution in [3.63, 3.8) is 0 Å². The Balaban J connectivity index is 1.37. The Hall–Kier alpha value is -4.50. The van der Waals surface area contributed by atoms with Crippen LogP contribution in [0, 0.1) is 5.92 Å². The molecule has 0 spiro atoms. The highest BCUT2D eigenvalue weighted by atomic mass is 16.5. The van der Waals surface area contributed by atoms with Gasteiger partial charge in [-0.25, -0.2) is 9.97 Å². The molecule has 5 rings (SSSR count). The third-order valence-electron chi connectivity index (χ3n) is 6.83. The van der Waals surface area contributed by atoms with Crippen LogP contribution < -0.4 is 15.4 Å². The van der Waals surface area contributed by atoms with Crippen LogP contribution in [0.15, 0.2) is 79.5 Å². The number of benzene rings is 2. The highest BCUT2D eigenvalue weighted by molar-refractivity contribution is 5.92. The third-order valence-corrected chi connectivity index (χ3v) is 6.83. The Kier molecular flexibility index (Phi) is 8.51. The van der Waals surface area contributed by atoms with Crippen molar-refractivity contribution < 1.29 is 14.3 Å². The molecule has 6 bridgehead atoms. The van der Waals surface area contributed by atoms with Gasteiger partial charge in [0.05, 0.1) is 12.3 Å². The number of nitrogens with zero attached hydrogens (tertiary/aromatic N) is 4. The van der Waals surface area contributed by atoms with E-state index in [1.54, 1.807) is 11.1 Å². The Bertz CT molecular complexity index is 1420. The van der Waals surface area contributed by atoms with Crippen molar-refractivity contribution in [2.45, 2.75) is 19.4 Å². The van der Waals surface area contributed by atoms with Crippen LogP contribution in [0.2, 0.25) is 0 Å². The second kappa shape index (κ2) is 12.6. The SMILES string of the molecule is C=CC(=O)N1CC(CC(=O)Nc2cc3cc(c2)Nc2nccc(n2)-c2cccc(c2)OCC/C=C/CN(C)C3)C1. The first-order chi connectivity index (χ1) is 19.4. The number of nitrogens with one attached hydrogen (secondary N) is 2. The first kappa shape index (κ1) is 27.1. The zero-order valence-corrected chi connectivity index (χ0v) is 22.7. The molecule has 2 N–H and O–H groups in total. The van der Waals surface area contributed by atoms with Gasteiger partial charge in [-0.3, -0.25) is 14.5 Å². The van der Waals surface area contributed by atoms with Crippen LogP contribution in [0.3, 0.4) is 0 Å². The molecule has 3 aromatic rings. The molecule has 2 aromatic carbocycles. The summed E-state index contributed by atoms with van der Waals surface area (Å²) in [6.07, 6.45) is 8.47. The van der Waals surface area contributed by atoms with Crippen molar-refractivity contribution in [1.82, 2.24) is 19.8 Å². The van der Waals surface area contributed by atoms with Gasteiger partial charge in [0.1, 0.15) is 5.75 Å². The number of anilines is 3. The van der Waals surface area contributed by atoms with E-state index in [0.717, 1.165) is 41.2 Å². The monoisotopic (exact) mass is 538 g/mol. The van der Waals surface area contributed by atoms with Crippen molar-refractivity contribution >= 4 is 29.1 Å². The Labute approximate surface area is 234 Å². The molecule has 206 valence electrons. The number of hydrogen-bond donors (Lipinski definition) is 2. The van der Waals surface area contributed by atoms with Crippen molar-refractivity contribution in [1.29, 1.82) is 0 Å². The fourth-order valence-corrected chi connectivity index (χ4v) is 4.86. The third kappa shape index (κ3) is 7.12. The summed E-state index contributed by atoms with van der Waals surface area (Å²) in [5, 5.41) is 6.37. The lowest BCUT2D eigenvalue weighted by Crippen LogP contribution is -2.50. The molecule has 0 atom stereocenters. The number of amides is 2. The van der Waals surface area contributed by atoms with Gasteiger partial charge in [-0.15, -0.1) is 0 Å². The second-order valence-electron chi connectivity index (χ2n) is 10.2. The molecule has 2 aliphatic heterocycles. The van der Waals surface area contributed by atoms with Gasteiger partial charge in [0, 0.05) is 61.7 Å². The van der Waals surface area contributed by atoms with E-state index in [9.17, 15) is 9.59 Å². The van der Waals surface area contributed by atoms with Crippen LogP contribution in [0.25, 0.3) is 11.3 Å². The van der Waals surface area contributed by atoms with Crippen LogP contribution in [0.5, 0.6) is 5.75 Å². The van der Waals surface area contributed by atoms with Crippen LogP contribution in [-0.4, -0.2) is 64.9 Å². The number of fused-ring (bicyclic) bond motifs is 7. The fourth-order valence-electron chi connectivity index (χ4n) is 4.86. The average molecular weight is 539 g/mol. The van der Waals surface area contributed by atoms with Gasteiger partial charge in [-0.2, -0.15) is 0 Å². The Morgan fingerprint density at radius 3 is 2.90 bits per heavy atom. The van der Waals surface area contributed by atoms with Gasteiger partial charge in [-0.05, 0) is 61.5 Å². The molecule has 3 heterocycles. The minimum atomic E-state index is -0.0940. The molecule has 0 radical (unpaired) electrons. The van der Waals surface area contributed by atoms with Gasteiger partial charge in [-0.1, -0.05) is 30.9 Å². The maximum absolute atomic E-state index is 12.9. The van der Waals surface area contributed by atoms with Crippen molar-refractivity contribution in [3.05, 3.63) is 85.1 Å². The summed E-state index contributed by atoms with van der Waals surface area (Å²) in [5.41, 5.74) is 4.22. The molecule has 0 unspecified atom stereocenters. The summed E-state index contributed by atoms with van der Waals surface area (Å²) in [5.74, 6) is 1.23. The molecule has 2 aliphatic rings. The van der Waals surface area contributed by atoms with E-state index in [1.807, 2.05) is 48.5 Å². The van der Waals surface area contributed by atoms with Crippen LogP contribution >= 0.6 is 0 Å². The molecule has 2 amide bonds. The summed E-state index contributed by atoms with van der Waals surface area (Å²) in [7, 11) is 2.06. The van der Waals surface area contributed by atoms with E-state index in [-0.39, 0.29) is 17.7 Å². The zero-order valence-electron chi connectivity index (χ0n) is 22.7. The van der Waals surface area contributed by atoms with Crippen molar-refractivity contribution in [2.75, 3.05) is 43.9 Å². The summed E-state index contributed by atoms with van der Waals surface area (Å²) >= 11 is 0. The van der Waals surface area contributed by atoms with E-state index in [0.29, 0.717) is 44.3 Å². The molecule has 0 aliphatic carbocycles. The van der Waals surface area contributed by atoms with Gasteiger partial charge < -0.3 is 20.3 Å². The Morgan fingerprint density at radius 1 is 1.18 bits per heavy atom. The number of likely N-dealkylation sites (tertiary alicyclic amines) is 1. The summed E-state index contributed by atoms with van der Waals surface area (Å²) in [4.78, 5) is 37.6. The molecule has 40 heavy (non-hydrogen) atoms. The standard InChI is InChI=1S/C31H34N6O3/c1-3-30(39)37-20-23(21-37)16-29(38)33-25-14-22-15-26(18-25)34-31-32-11-10-28(35-31)24-8-7-9-27(17-24)40-13-6-4-5-12-36(2)19-22/h3-5,7-11,14-15,17-18,23H,1,6,12-13,16,19-21H2,2H3,(H,33,38)(H,32,34,35)/b5-4+. The number of aromatic nitrogens is 2. The number of ether oxygens (including phenoxy) is 1. The van der Waals surface area contributed by atoms with E-state index in [2.05, 4.69) is 46.3 Å². The largest absolute Gasteiger partial charge is 0.493 e. The second-order valence-corrected chi connectivity index (χ2v) is 10.2. The zero-order chi connectivity index (χ0) is 27.9. The summed E-state index contributed by atoms with van der Waals surface area (Å²) in [6.45, 7) is 6.73. The molecule has 1 aromatic heterocycles. The van der Waals surface area contributed by atoms with E-state index < -0.39 is 0 Å². The van der Waals surface area contributed by atoms with Crippen molar-refractivity contribution in [3.8, 4) is 17.0 Å². The normalized spacial score (nSPS) is 16.8. The lowest BCUT2D eigenvalue weighted by atomic mass is 9.95. The summed E-state index contributed by atoms with van der Waals surface area (Å²) < 4.78 is 5.94. The number of carbonyl (C=O) groups excluding carboxylic acids is 2. The smallest absolute Gasteiger partial charge is 0.245 e. The average Bonchev–Trinajstić information content (AvgIpc) is 2.91. The molecule has 9 nitrogen and oxygen atoms in total. The summed E-state index contributed by atoms with van der Waals surface area (Å²) in [6, 6.07) is 15.7. The van der Waals surface area contributed by atoms with Gasteiger partial charge in [0.2, 0.25) is 17.8 Å².